The number of aromatic nitrogens is 1. The fourth-order valence-electron chi connectivity index (χ4n) is 2.24. The number of amides is 1. The monoisotopic (exact) mass is 356 g/mol. The Morgan fingerprint density at radius 3 is 2.25 bits per heavy atom. The first-order valence-corrected chi connectivity index (χ1v) is 7.45. The van der Waals surface area contributed by atoms with Crippen molar-refractivity contribution in [2.45, 2.75) is 20.0 Å². The molecule has 7 heteroatoms. The third-order valence-electron chi connectivity index (χ3n) is 3.65. The van der Waals surface area contributed by atoms with Crippen LogP contribution in [0.5, 0.6) is 0 Å². The van der Waals surface area contributed by atoms with Crippen molar-refractivity contribution in [3.05, 3.63) is 64.1 Å². The predicted octanol–water partition coefficient (Wildman–Crippen LogP) is 4.88. The van der Waals surface area contributed by atoms with Gasteiger partial charge < -0.3 is 9.88 Å². The summed E-state index contributed by atoms with van der Waals surface area (Å²) in [5, 5.41) is 3.11. The van der Waals surface area contributed by atoms with Crippen LogP contribution in [0.3, 0.4) is 0 Å². The third kappa shape index (κ3) is 4.00. The van der Waals surface area contributed by atoms with Gasteiger partial charge in [-0.05, 0) is 37.1 Å². The van der Waals surface area contributed by atoms with Crippen LogP contribution >= 0.6 is 11.6 Å². The zero-order valence-electron chi connectivity index (χ0n) is 13.3. The standard InChI is InChI=1S/C17H16ClF3N2O/c1-10(12-4-6-13(18)7-5-12)11(2)22-16(24)14-8-23(3)9-15(14)17(19,20)21/h4-9H,1-3H3,(H,22,24)/b11-10+. The van der Waals surface area contributed by atoms with Crippen LogP contribution in [-0.4, -0.2) is 10.5 Å². The minimum atomic E-state index is -4.59. The Bertz CT molecular complexity index is 789. The van der Waals surface area contributed by atoms with E-state index >= 15 is 0 Å². The molecule has 1 N–H and O–H groups in total. The number of carbonyl (C=O) groups excluding carboxylic acids is 1. The van der Waals surface area contributed by atoms with Gasteiger partial charge in [0.25, 0.3) is 5.91 Å². The molecule has 128 valence electrons. The summed E-state index contributed by atoms with van der Waals surface area (Å²) in [5.41, 5.74) is 0.665. The minimum Gasteiger partial charge on any atom is -0.356 e. The van der Waals surface area contributed by atoms with Gasteiger partial charge in [0.1, 0.15) is 0 Å². The summed E-state index contributed by atoms with van der Waals surface area (Å²) in [6.45, 7) is 3.41. The van der Waals surface area contributed by atoms with Gasteiger partial charge in [-0.3, -0.25) is 4.79 Å². The van der Waals surface area contributed by atoms with Crippen molar-refractivity contribution in [1.82, 2.24) is 9.88 Å². The Kier molecular flexibility index (Phi) is 5.08. The van der Waals surface area contributed by atoms with Crippen LogP contribution in [-0.2, 0) is 13.2 Å². The molecule has 0 aliphatic rings. The Morgan fingerprint density at radius 2 is 1.71 bits per heavy atom. The lowest BCUT2D eigenvalue weighted by Gasteiger charge is -2.12. The second-order valence-corrected chi connectivity index (χ2v) is 5.90. The first kappa shape index (κ1) is 18.1. The van der Waals surface area contributed by atoms with Crippen molar-refractivity contribution >= 4 is 23.1 Å². The number of carbonyl (C=O) groups is 1. The molecule has 1 amide bonds. The molecule has 3 nitrogen and oxygen atoms in total. The van der Waals surface area contributed by atoms with Crippen LogP contribution in [0, 0.1) is 0 Å². The van der Waals surface area contributed by atoms with Crippen molar-refractivity contribution in [1.29, 1.82) is 0 Å². The van der Waals surface area contributed by atoms with Crippen LogP contribution in [0.1, 0.15) is 35.3 Å². The molecular formula is C17H16ClF3N2O. The van der Waals surface area contributed by atoms with Gasteiger partial charge in [0, 0.05) is 30.2 Å². The molecule has 0 saturated carbocycles. The average Bonchev–Trinajstić information content (AvgIpc) is 2.89. The number of benzene rings is 1. The van der Waals surface area contributed by atoms with Gasteiger partial charge in [0.05, 0.1) is 11.1 Å². The molecule has 0 radical (unpaired) electrons. The molecule has 0 unspecified atom stereocenters. The van der Waals surface area contributed by atoms with Crippen molar-refractivity contribution in [3.8, 4) is 0 Å². The van der Waals surface area contributed by atoms with Crippen LogP contribution in [0.25, 0.3) is 5.57 Å². The van der Waals surface area contributed by atoms with E-state index in [1.807, 2.05) is 0 Å². The number of rotatable bonds is 3. The number of hydrogen-bond donors (Lipinski definition) is 1. The van der Waals surface area contributed by atoms with Crippen LogP contribution < -0.4 is 5.32 Å². The largest absolute Gasteiger partial charge is 0.418 e. The highest BCUT2D eigenvalue weighted by Crippen LogP contribution is 2.32. The second kappa shape index (κ2) is 6.73. The number of nitrogens with one attached hydrogen (secondary N) is 1. The summed E-state index contributed by atoms with van der Waals surface area (Å²) < 4.78 is 40.2. The van der Waals surface area contributed by atoms with Gasteiger partial charge in [-0.25, -0.2) is 0 Å². The fraction of sp³-hybridized carbons (Fsp3) is 0.235. The first-order valence-electron chi connectivity index (χ1n) is 7.07. The lowest BCUT2D eigenvalue weighted by Crippen LogP contribution is -2.24. The first-order chi connectivity index (χ1) is 11.1. The molecule has 24 heavy (non-hydrogen) atoms. The Balaban J connectivity index is 2.29. The van der Waals surface area contributed by atoms with Gasteiger partial charge in [-0.2, -0.15) is 13.2 Å². The van der Waals surface area contributed by atoms with Gasteiger partial charge >= 0.3 is 6.18 Å². The molecule has 1 aromatic heterocycles. The smallest absolute Gasteiger partial charge is 0.356 e. The van der Waals surface area contributed by atoms with E-state index in [-0.39, 0.29) is 0 Å². The van der Waals surface area contributed by atoms with Crippen LogP contribution in [0.2, 0.25) is 5.02 Å². The Morgan fingerprint density at radius 1 is 1.12 bits per heavy atom. The molecule has 1 heterocycles. The maximum Gasteiger partial charge on any atom is 0.418 e. The van der Waals surface area contributed by atoms with Crippen molar-refractivity contribution in [3.63, 3.8) is 0 Å². The minimum absolute atomic E-state index is 0.409. The fourth-order valence-corrected chi connectivity index (χ4v) is 2.36. The van der Waals surface area contributed by atoms with Gasteiger partial charge in [-0.1, -0.05) is 23.7 Å². The summed E-state index contributed by atoms with van der Waals surface area (Å²) in [7, 11) is 1.44. The van der Waals surface area contributed by atoms with Crippen molar-refractivity contribution in [2.75, 3.05) is 0 Å². The molecule has 2 aromatic rings. The molecule has 2 rings (SSSR count). The number of nitrogens with zero attached hydrogens (tertiary/aromatic N) is 1. The molecular weight excluding hydrogens is 341 g/mol. The van der Waals surface area contributed by atoms with Gasteiger partial charge in [0.15, 0.2) is 0 Å². The number of halogens is 4. The Hall–Kier alpha value is -2.21. The zero-order chi connectivity index (χ0) is 18.1. The van der Waals surface area contributed by atoms with Gasteiger partial charge in [0.2, 0.25) is 0 Å². The van der Waals surface area contributed by atoms with E-state index in [9.17, 15) is 18.0 Å². The third-order valence-corrected chi connectivity index (χ3v) is 3.90. The maximum absolute atomic E-state index is 13.0. The molecule has 0 aliphatic carbocycles. The summed E-state index contributed by atoms with van der Waals surface area (Å²) in [6.07, 6.45) is -2.54. The quantitative estimate of drug-likeness (QED) is 0.835. The molecule has 0 spiro atoms. The van der Waals surface area contributed by atoms with E-state index < -0.39 is 23.2 Å². The van der Waals surface area contributed by atoms with Crippen LogP contribution in [0.15, 0.2) is 42.4 Å². The maximum atomic E-state index is 13.0. The number of aryl methyl sites for hydroxylation is 1. The molecule has 0 atom stereocenters. The predicted molar refractivity (Wildman–Crippen MR) is 87.6 cm³/mol. The average molecular weight is 357 g/mol. The van der Waals surface area contributed by atoms with E-state index in [0.717, 1.165) is 23.5 Å². The molecule has 0 aliphatic heterocycles. The van der Waals surface area contributed by atoms with Gasteiger partial charge in [-0.15, -0.1) is 0 Å². The number of alkyl halides is 3. The molecule has 1 aromatic carbocycles. The molecule has 0 saturated heterocycles. The van der Waals surface area contributed by atoms with Crippen molar-refractivity contribution in [2.24, 2.45) is 7.05 Å². The number of hydrogen-bond acceptors (Lipinski definition) is 1. The van der Waals surface area contributed by atoms with E-state index in [2.05, 4.69) is 5.32 Å². The van der Waals surface area contributed by atoms with E-state index in [1.165, 1.54) is 11.6 Å². The lowest BCUT2D eigenvalue weighted by molar-refractivity contribution is -0.137. The molecule has 0 bridgehead atoms. The normalized spacial score (nSPS) is 12.8. The van der Waals surface area contributed by atoms with E-state index in [1.54, 1.807) is 38.1 Å². The second-order valence-electron chi connectivity index (χ2n) is 5.46. The highest BCUT2D eigenvalue weighted by atomic mass is 35.5. The summed E-state index contributed by atoms with van der Waals surface area (Å²) in [6, 6.07) is 6.96. The lowest BCUT2D eigenvalue weighted by atomic mass is 10.1. The zero-order valence-corrected chi connectivity index (χ0v) is 14.1. The highest BCUT2D eigenvalue weighted by molar-refractivity contribution is 6.30. The SMILES string of the molecule is C/C(NC(=O)c1cn(C)cc1C(F)(F)F)=C(/C)c1ccc(Cl)cc1. The summed E-state index contributed by atoms with van der Waals surface area (Å²) in [4.78, 5) is 12.2. The van der Waals surface area contributed by atoms with Crippen LogP contribution in [0.4, 0.5) is 13.2 Å². The summed E-state index contributed by atoms with van der Waals surface area (Å²) in [5.74, 6) is -0.797. The number of allylic oxidation sites excluding steroid dienone is 2. The topological polar surface area (TPSA) is 34.0 Å². The van der Waals surface area contributed by atoms with Crippen molar-refractivity contribution < 1.29 is 18.0 Å². The van der Waals surface area contributed by atoms with E-state index in [0.29, 0.717) is 10.7 Å². The van der Waals surface area contributed by atoms with E-state index in [4.69, 9.17) is 11.6 Å². The molecule has 0 fully saturated rings. The summed E-state index contributed by atoms with van der Waals surface area (Å²) >= 11 is 5.83. The Labute approximate surface area is 142 Å². The highest BCUT2D eigenvalue weighted by Gasteiger charge is 2.36.